The number of amides is 1. The fourth-order valence-corrected chi connectivity index (χ4v) is 4.10. The maximum absolute atomic E-state index is 13.7. The maximum Gasteiger partial charge on any atom is 0.258 e. The van der Waals surface area contributed by atoms with Gasteiger partial charge in [-0.05, 0) is 41.9 Å². The summed E-state index contributed by atoms with van der Waals surface area (Å²) in [6, 6.07) is 19.7. The lowest BCUT2D eigenvalue weighted by Crippen LogP contribution is -2.28. The number of aryl methyl sites for hydroxylation is 1. The Morgan fingerprint density at radius 2 is 1.71 bits per heavy atom. The minimum Gasteiger partial charge on any atom is -0.336 e. The predicted molar refractivity (Wildman–Crippen MR) is 125 cm³/mol. The van der Waals surface area contributed by atoms with Crippen LogP contribution in [0, 0.1) is 6.92 Å². The molecule has 1 amide bonds. The highest BCUT2D eigenvalue weighted by Gasteiger charge is 2.26. The first-order valence-electron chi connectivity index (χ1n) is 10.2. The lowest BCUT2D eigenvalue weighted by Gasteiger charge is -2.19. The Bertz CT molecular complexity index is 1200. The Morgan fingerprint density at radius 3 is 2.35 bits per heavy atom. The molecular weight excluding hydrogens is 454 g/mol. The summed E-state index contributed by atoms with van der Waals surface area (Å²) >= 11 is 3.55. The number of rotatable bonds is 6. The summed E-state index contributed by atoms with van der Waals surface area (Å²) < 4.78 is 4.64. The molecule has 0 bridgehead atoms. The molecule has 31 heavy (non-hydrogen) atoms. The SMILES string of the molecule is CCn1ncc(Br)c1CN(C)C(=O)c1c(-c2ccccc2)nn(-c2ccccc2)c1C. The highest BCUT2D eigenvalue weighted by Crippen LogP contribution is 2.29. The van der Waals surface area contributed by atoms with Crippen LogP contribution in [0.4, 0.5) is 0 Å². The van der Waals surface area contributed by atoms with Crippen molar-refractivity contribution in [3.63, 3.8) is 0 Å². The third-order valence-corrected chi connectivity index (χ3v) is 5.97. The average molecular weight is 478 g/mol. The van der Waals surface area contributed by atoms with E-state index in [0.717, 1.165) is 33.7 Å². The van der Waals surface area contributed by atoms with Gasteiger partial charge in [0.15, 0.2) is 0 Å². The third-order valence-electron chi connectivity index (χ3n) is 5.31. The molecule has 0 aliphatic rings. The van der Waals surface area contributed by atoms with Gasteiger partial charge in [0.2, 0.25) is 0 Å². The zero-order chi connectivity index (χ0) is 22.0. The number of halogens is 1. The number of hydrogen-bond acceptors (Lipinski definition) is 3. The van der Waals surface area contributed by atoms with Crippen LogP contribution in [-0.2, 0) is 13.1 Å². The average Bonchev–Trinajstić information content (AvgIpc) is 3.34. The quantitative estimate of drug-likeness (QED) is 0.388. The van der Waals surface area contributed by atoms with Gasteiger partial charge >= 0.3 is 0 Å². The third kappa shape index (κ3) is 4.05. The van der Waals surface area contributed by atoms with Crippen molar-refractivity contribution >= 4 is 21.8 Å². The molecule has 0 atom stereocenters. The fourth-order valence-electron chi connectivity index (χ4n) is 3.68. The molecule has 0 fully saturated rings. The van der Waals surface area contributed by atoms with Crippen molar-refractivity contribution in [1.29, 1.82) is 0 Å². The number of carbonyl (C=O) groups excluding carboxylic acids is 1. The summed E-state index contributed by atoms with van der Waals surface area (Å²) in [5, 5.41) is 9.21. The van der Waals surface area contributed by atoms with Crippen LogP contribution in [0.3, 0.4) is 0 Å². The van der Waals surface area contributed by atoms with Crippen molar-refractivity contribution in [2.45, 2.75) is 26.9 Å². The summed E-state index contributed by atoms with van der Waals surface area (Å²) in [5.74, 6) is -0.0747. The van der Waals surface area contributed by atoms with Gasteiger partial charge in [0.05, 0.1) is 39.9 Å². The van der Waals surface area contributed by atoms with E-state index >= 15 is 0 Å². The molecule has 0 aliphatic heterocycles. The van der Waals surface area contributed by atoms with E-state index in [9.17, 15) is 4.79 Å². The van der Waals surface area contributed by atoms with Crippen LogP contribution in [0.5, 0.6) is 0 Å². The molecule has 2 aromatic heterocycles. The van der Waals surface area contributed by atoms with Crippen LogP contribution in [0.1, 0.15) is 28.7 Å². The number of benzene rings is 2. The van der Waals surface area contributed by atoms with E-state index in [1.807, 2.05) is 90.9 Å². The first kappa shape index (κ1) is 21.1. The second-order valence-corrected chi connectivity index (χ2v) is 8.19. The van der Waals surface area contributed by atoms with Crippen LogP contribution < -0.4 is 0 Å². The molecule has 0 aliphatic carbocycles. The van der Waals surface area contributed by atoms with E-state index in [2.05, 4.69) is 21.0 Å². The topological polar surface area (TPSA) is 56.0 Å². The van der Waals surface area contributed by atoms with E-state index in [1.54, 1.807) is 11.1 Å². The van der Waals surface area contributed by atoms with E-state index in [-0.39, 0.29) is 5.91 Å². The van der Waals surface area contributed by atoms with Crippen LogP contribution >= 0.6 is 15.9 Å². The predicted octanol–water partition coefficient (Wildman–Crippen LogP) is 5.10. The van der Waals surface area contributed by atoms with Crippen molar-refractivity contribution in [3.05, 3.63) is 88.3 Å². The molecule has 2 heterocycles. The van der Waals surface area contributed by atoms with Gasteiger partial charge < -0.3 is 4.90 Å². The Hall–Kier alpha value is -3.19. The lowest BCUT2D eigenvalue weighted by molar-refractivity contribution is 0.0781. The summed E-state index contributed by atoms with van der Waals surface area (Å²) in [6.45, 7) is 5.16. The Balaban J connectivity index is 1.78. The standard InChI is InChI=1S/C24H24BrN5O/c1-4-29-21(20(25)15-26-29)16-28(3)24(31)22-17(2)30(19-13-9-6-10-14-19)27-23(22)18-11-7-5-8-12-18/h5-15H,4,16H2,1-3H3. The molecule has 2 aromatic carbocycles. The second-order valence-electron chi connectivity index (χ2n) is 7.34. The van der Waals surface area contributed by atoms with Crippen LogP contribution in [-0.4, -0.2) is 37.4 Å². The van der Waals surface area contributed by atoms with Crippen molar-refractivity contribution in [3.8, 4) is 16.9 Å². The Labute approximate surface area is 190 Å². The molecule has 0 N–H and O–H groups in total. The smallest absolute Gasteiger partial charge is 0.258 e. The Morgan fingerprint density at radius 1 is 1.06 bits per heavy atom. The monoisotopic (exact) mass is 477 g/mol. The molecule has 0 saturated carbocycles. The Kier molecular flexibility index (Phi) is 6.04. The van der Waals surface area contributed by atoms with Gasteiger partial charge in [0.25, 0.3) is 5.91 Å². The molecule has 158 valence electrons. The fraction of sp³-hybridized carbons (Fsp3) is 0.208. The van der Waals surface area contributed by atoms with Crippen molar-refractivity contribution in [2.75, 3.05) is 7.05 Å². The molecule has 4 rings (SSSR count). The van der Waals surface area contributed by atoms with E-state index < -0.39 is 0 Å². The summed E-state index contributed by atoms with van der Waals surface area (Å²) in [4.78, 5) is 15.4. The number of hydrogen-bond donors (Lipinski definition) is 0. The van der Waals surface area contributed by atoms with Crippen molar-refractivity contribution < 1.29 is 4.79 Å². The van der Waals surface area contributed by atoms with Gasteiger partial charge in [0.1, 0.15) is 5.69 Å². The second kappa shape index (κ2) is 8.89. The van der Waals surface area contributed by atoms with Crippen LogP contribution in [0.15, 0.2) is 71.3 Å². The van der Waals surface area contributed by atoms with Crippen LogP contribution in [0.2, 0.25) is 0 Å². The molecule has 6 nitrogen and oxygen atoms in total. The zero-order valence-electron chi connectivity index (χ0n) is 17.8. The van der Waals surface area contributed by atoms with Gasteiger partial charge in [-0.1, -0.05) is 48.5 Å². The van der Waals surface area contributed by atoms with Gasteiger partial charge in [0, 0.05) is 19.2 Å². The zero-order valence-corrected chi connectivity index (χ0v) is 19.4. The van der Waals surface area contributed by atoms with Gasteiger partial charge in [-0.25, -0.2) is 4.68 Å². The van der Waals surface area contributed by atoms with Crippen molar-refractivity contribution in [2.24, 2.45) is 0 Å². The lowest BCUT2D eigenvalue weighted by atomic mass is 10.0. The van der Waals surface area contributed by atoms with Gasteiger partial charge in [-0.2, -0.15) is 10.2 Å². The van der Waals surface area contributed by atoms with E-state index in [1.165, 1.54) is 0 Å². The van der Waals surface area contributed by atoms with E-state index in [0.29, 0.717) is 17.8 Å². The number of carbonyl (C=O) groups is 1. The normalized spacial score (nSPS) is 11.0. The summed E-state index contributed by atoms with van der Waals surface area (Å²) in [7, 11) is 1.82. The molecule has 0 spiro atoms. The minimum absolute atomic E-state index is 0.0747. The number of nitrogens with zero attached hydrogens (tertiary/aromatic N) is 5. The molecular formula is C24H24BrN5O. The van der Waals surface area contributed by atoms with Gasteiger partial charge in [-0.15, -0.1) is 0 Å². The number of para-hydroxylation sites is 1. The first-order valence-corrected chi connectivity index (χ1v) is 11.0. The summed E-state index contributed by atoms with van der Waals surface area (Å²) in [6.07, 6.45) is 1.77. The summed E-state index contributed by atoms with van der Waals surface area (Å²) in [5.41, 5.74) is 4.90. The van der Waals surface area contributed by atoms with E-state index in [4.69, 9.17) is 5.10 Å². The number of aromatic nitrogens is 4. The highest BCUT2D eigenvalue weighted by molar-refractivity contribution is 9.10. The van der Waals surface area contributed by atoms with Gasteiger partial charge in [-0.3, -0.25) is 9.48 Å². The molecule has 0 radical (unpaired) electrons. The minimum atomic E-state index is -0.0747. The molecule has 4 aromatic rings. The molecule has 0 saturated heterocycles. The molecule has 7 heteroatoms. The van der Waals surface area contributed by atoms with Crippen LogP contribution in [0.25, 0.3) is 16.9 Å². The largest absolute Gasteiger partial charge is 0.336 e. The first-order chi connectivity index (χ1) is 15.0. The van der Waals surface area contributed by atoms with Crippen molar-refractivity contribution in [1.82, 2.24) is 24.5 Å². The molecule has 0 unspecified atom stereocenters. The maximum atomic E-state index is 13.7. The highest BCUT2D eigenvalue weighted by atomic mass is 79.9.